The van der Waals surface area contributed by atoms with Crippen LogP contribution in [0.4, 0.5) is 0 Å². The molecule has 1 atom stereocenters. The summed E-state index contributed by atoms with van der Waals surface area (Å²) in [6.45, 7) is 2.24. The van der Waals surface area contributed by atoms with Gasteiger partial charge in [-0.2, -0.15) is 0 Å². The average Bonchev–Trinajstić information content (AvgIpc) is 3.14. The van der Waals surface area contributed by atoms with Gasteiger partial charge in [0.2, 0.25) is 0 Å². The molecule has 0 bridgehead atoms. The molecule has 1 aliphatic heterocycles. The van der Waals surface area contributed by atoms with Crippen LogP contribution in [0.1, 0.15) is 18.4 Å². The molecule has 2 aromatic rings. The van der Waals surface area contributed by atoms with Crippen molar-refractivity contribution in [2.75, 3.05) is 19.7 Å². The van der Waals surface area contributed by atoms with Crippen molar-refractivity contribution in [2.24, 2.45) is 17.8 Å². The Morgan fingerprint density at radius 2 is 2.39 bits per heavy atom. The van der Waals surface area contributed by atoms with Gasteiger partial charge < -0.3 is 20.4 Å². The number of benzene rings is 1. The lowest BCUT2D eigenvalue weighted by atomic mass is 10.1. The molecule has 124 valence electrons. The quantitative estimate of drug-likeness (QED) is 0.652. The Morgan fingerprint density at radius 3 is 3.17 bits per heavy atom. The molecule has 1 aromatic carbocycles. The maximum atomic E-state index is 6.07. The fraction of sp³-hybridized carbons (Fsp3) is 0.471. The maximum absolute atomic E-state index is 6.07. The van der Waals surface area contributed by atoms with Crippen LogP contribution in [0.15, 0.2) is 29.4 Å². The molecule has 1 aromatic heterocycles. The summed E-state index contributed by atoms with van der Waals surface area (Å²) in [5.41, 5.74) is 8.34. The molecule has 0 amide bonds. The summed E-state index contributed by atoms with van der Waals surface area (Å²) >= 11 is 6.07. The van der Waals surface area contributed by atoms with E-state index in [9.17, 15) is 0 Å². The SMILES string of the molecule is Cn1cc(CCNC(N)=NCC2CCCO2)c2ccc(Cl)cc21. The van der Waals surface area contributed by atoms with Crippen molar-refractivity contribution in [2.45, 2.75) is 25.4 Å². The number of aryl methyl sites for hydroxylation is 1. The summed E-state index contributed by atoms with van der Waals surface area (Å²) in [6.07, 6.45) is 5.46. The number of nitrogens with zero attached hydrogens (tertiary/aromatic N) is 2. The van der Waals surface area contributed by atoms with E-state index in [0.29, 0.717) is 12.5 Å². The zero-order chi connectivity index (χ0) is 16.2. The van der Waals surface area contributed by atoms with Gasteiger partial charge in [0.25, 0.3) is 0 Å². The average molecular weight is 335 g/mol. The molecule has 6 heteroatoms. The van der Waals surface area contributed by atoms with Crippen LogP contribution in [0.3, 0.4) is 0 Å². The molecule has 1 saturated heterocycles. The molecule has 1 aliphatic rings. The van der Waals surface area contributed by atoms with Crippen LogP contribution in [0.25, 0.3) is 10.9 Å². The largest absolute Gasteiger partial charge is 0.376 e. The van der Waals surface area contributed by atoms with E-state index in [2.05, 4.69) is 27.1 Å². The summed E-state index contributed by atoms with van der Waals surface area (Å²) in [7, 11) is 2.03. The van der Waals surface area contributed by atoms with Crippen LogP contribution in [0, 0.1) is 0 Å². The van der Waals surface area contributed by atoms with E-state index in [1.165, 1.54) is 10.9 Å². The van der Waals surface area contributed by atoms with Gasteiger partial charge in [-0.25, -0.2) is 0 Å². The number of guanidine groups is 1. The van der Waals surface area contributed by atoms with E-state index in [0.717, 1.165) is 43.0 Å². The zero-order valence-corrected chi connectivity index (χ0v) is 14.1. The highest BCUT2D eigenvalue weighted by Crippen LogP contribution is 2.24. The monoisotopic (exact) mass is 334 g/mol. The Hall–Kier alpha value is -1.72. The van der Waals surface area contributed by atoms with Crippen molar-refractivity contribution in [1.29, 1.82) is 0 Å². The maximum Gasteiger partial charge on any atom is 0.188 e. The first-order chi connectivity index (χ1) is 11.1. The molecule has 0 saturated carbocycles. The Kier molecular flexibility index (Phi) is 5.08. The number of fused-ring (bicyclic) bond motifs is 1. The normalized spacial score (nSPS) is 18.7. The van der Waals surface area contributed by atoms with Crippen LogP contribution in [-0.2, 0) is 18.2 Å². The molecule has 2 heterocycles. The van der Waals surface area contributed by atoms with E-state index in [1.54, 1.807) is 0 Å². The number of aromatic nitrogens is 1. The number of ether oxygens (including phenoxy) is 1. The van der Waals surface area contributed by atoms with E-state index < -0.39 is 0 Å². The molecule has 0 spiro atoms. The van der Waals surface area contributed by atoms with Gasteiger partial charge in [-0.15, -0.1) is 0 Å². The summed E-state index contributed by atoms with van der Waals surface area (Å²) in [4.78, 5) is 4.35. The molecule has 23 heavy (non-hydrogen) atoms. The lowest BCUT2D eigenvalue weighted by Gasteiger charge is -2.08. The minimum Gasteiger partial charge on any atom is -0.376 e. The zero-order valence-electron chi connectivity index (χ0n) is 13.4. The van der Waals surface area contributed by atoms with Gasteiger partial charge in [-0.05, 0) is 37.0 Å². The number of nitrogens with one attached hydrogen (secondary N) is 1. The van der Waals surface area contributed by atoms with Crippen molar-refractivity contribution in [3.63, 3.8) is 0 Å². The second-order valence-corrected chi connectivity index (χ2v) is 6.40. The Labute approximate surface area is 141 Å². The highest BCUT2D eigenvalue weighted by Gasteiger charge is 2.14. The van der Waals surface area contributed by atoms with Crippen LogP contribution >= 0.6 is 11.6 Å². The molecule has 3 N–H and O–H groups in total. The molecular formula is C17H23ClN4O. The Bertz CT molecular complexity index is 704. The van der Waals surface area contributed by atoms with Gasteiger partial charge in [-0.1, -0.05) is 17.7 Å². The lowest BCUT2D eigenvalue weighted by molar-refractivity contribution is 0.118. The predicted molar refractivity (Wildman–Crippen MR) is 95.1 cm³/mol. The number of halogens is 1. The molecule has 0 aliphatic carbocycles. The van der Waals surface area contributed by atoms with Crippen molar-refractivity contribution in [1.82, 2.24) is 9.88 Å². The van der Waals surface area contributed by atoms with Gasteiger partial charge in [-0.3, -0.25) is 4.99 Å². The summed E-state index contributed by atoms with van der Waals surface area (Å²) in [5, 5.41) is 5.17. The third-order valence-corrected chi connectivity index (χ3v) is 4.46. The standard InChI is InChI=1S/C17H23ClN4O/c1-22-11-12(15-5-4-13(18)9-16(15)22)6-7-20-17(19)21-10-14-3-2-8-23-14/h4-5,9,11,14H,2-3,6-8,10H2,1H3,(H3,19,20,21). The number of rotatable bonds is 5. The van der Waals surface area contributed by atoms with E-state index in [4.69, 9.17) is 22.1 Å². The van der Waals surface area contributed by atoms with Crippen LogP contribution in [0.5, 0.6) is 0 Å². The highest BCUT2D eigenvalue weighted by atomic mass is 35.5. The first kappa shape index (κ1) is 16.1. The topological polar surface area (TPSA) is 64.6 Å². The van der Waals surface area contributed by atoms with Crippen molar-refractivity contribution in [3.05, 3.63) is 35.0 Å². The number of nitrogens with two attached hydrogens (primary N) is 1. The first-order valence-electron chi connectivity index (χ1n) is 8.02. The Balaban J connectivity index is 1.55. The molecule has 1 fully saturated rings. The fourth-order valence-corrected chi connectivity index (χ4v) is 3.18. The van der Waals surface area contributed by atoms with Crippen molar-refractivity contribution >= 4 is 28.5 Å². The molecule has 3 rings (SSSR count). The van der Waals surface area contributed by atoms with Crippen LogP contribution < -0.4 is 11.1 Å². The first-order valence-corrected chi connectivity index (χ1v) is 8.40. The molecule has 5 nitrogen and oxygen atoms in total. The second-order valence-electron chi connectivity index (χ2n) is 5.96. The lowest BCUT2D eigenvalue weighted by Crippen LogP contribution is -2.34. The number of hydrogen-bond donors (Lipinski definition) is 2. The van der Waals surface area contributed by atoms with E-state index >= 15 is 0 Å². The minimum absolute atomic E-state index is 0.234. The number of aliphatic imine (C=N–C) groups is 1. The third-order valence-electron chi connectivity index (χ3n) is 4.22. The number of hydrogen-bond acceptors (Lipinski definition) is 2. The van der Waals surface area contributed by atoms with Gasteiger partial charge in [0.1, 0.15) is 0 Å². The minimum atomic E-state index is 0.234. The van der Waals surface area contributed by atoms with Gasteiger partial charge in [0.15, 0.2) is 5.96 Å². The van der Waals surface area contributed by atoms with Gasteiger partial charge in [0.05, 0.1) is 12.6 Å². The van der Waals surface area contributed by atoms with Gasteiger partial charge >= 0.3 is 0 Å². The van der Waals surface area contributed by atoms with Gasteiger partial charge in [0, 0.05) is 42.3 Å². The van der Waals surface area contributed by atoms with E-state index in [-0.39, 0.29) is 6.10 Å². The van der Waals surface area contributed by atoms with Crippen molar-refractivity contribution in [3.8, 4) is 0 Å². The van der Waals surface area contributed by atoms with Crippen LogP contribution in [0.2, 0.25) is 5.02 Å². The highest BCUT2D eigenvalue weighted by molar-refractivity contribution is 6.31. The van der Waals surface area contributed by atoms with Crippen molar-refractivity contribution < 1.29 is 4.74 Å². The summed E-state index contributed by atoms with van der Waals surface area (Å²) in [6, 6.07) is 5.99. The summed E-state index contributed by atoms with van der Waals surface area (Å²) in [5.74, 6) is 0.490. The Morgan fingerprint density at radius 1 is 1.52 bits per heavy atom. The molecule has 0 radical (unpaired) electrons. The molecule has 1 unspecified atom stereocenters. The third kappa shape index (κ3) is 3.98. The van der Waals surface area contributed by atoms with Crippen LogP contribution in [-0.4, -0.2) is 36.3 Å². The predicted octanol–water partition coefficient (Wildman–Crippen LogP) is 2.46. The van der Waals surface area contributed by atoms with E-state index in [1.807, 2.05) is 19.2 Å². The smallest absolute Gasteiger partial charge is 0.188 e. The molecular weight excluding hydrogens is 312 g/mol. The summed E-state index contributed by atoms with van der Waals surface area (Å²) < 4.78 is 7.64. The fourth-order valence-electron chi connectivity index (χ4n) is 3.01. The second kappa shape index (κ2) is 7.23.